The van der Waals surface area contributed by atoms with Crippen molar-refractivity contribution < 1.29 is 13.2 Å². The fraction of sp³-hybridized carbons (Fsp3) is 0.0938. The third-order valence-corrected chi connectivity index (χ3v) is 8.61. The van der Waals surface area contributed by atoms with Gasteiger partial charge in [0.25, 0.3) is 10.0 Å². The summed E-state index contributed by atoms with van der Waals surface area (Å²) in [5.74, 6) is 0.108. The Morgan fingerprint density at radius 1 is 0.907 bits per heavy atom. The maximum Gasteiger partial charge on any atom is 0.264 e. The second-order valence-corrected chi connectivity index (χ2v) is 12.1. The number of hydrogen-bond acceptors (Lipinski definition) is 8. The molecule has 0 fully saturated rings. The second-order valence-electron chi connectivity index (χ2n) is 9.38. The van der Waals surface area contributed by atoms with Crippen molar-refractivity contribution >= 4 is 39.3 Å². The van der Waals surface area contributed by atoms with Crippen LogP contribution in [0.5, 0.6) is 0 Å². The van der Waals surface area contributed by atoms with E-state index in [9.17, 15) is 18.5 Å². The van der Waals surface area contributed by atoms with Crippen LogP contribution in [0.25, 0.3) is 22.4 Å². The number of nitrogens with zero attached hydrogens (tertiary/aromatic N) is 4. The molecule has 0 saturated heterocycles. The van der Waals surface area contributed by atoms with Crippen molar-refractivity contribution in [2.75, 3.05) is 15.8 Å². The first-order valence-electron chi connectivity index (χ1n) is 13.2. The molecule has 0 unspecified atom stereocenters. The zero-order chi connectivity index (χ0) is 30.2. The van der Waals surface area contributed by atoms with Crippen LogP contribution in [0.3, 0.4) is 0 Å². The first-order chi connectivity index (χ1) is 20.8. The lowest BCUT2D eigenvalue weighted by Crippen LogP contribution is -2.16. The van der Waals surface area contributed by atoms with Crippen LogP contribution >= 0.6 is 11.8 Å². The summed E-state index contributed by atoms with van der Waals surface area (Å²) in [6, 6.07) is 31.1. The van der Waals surface area contributed by atoms with Gasteiger partial charge in [-0.05, 0) is 48.9 Å². The molecule has 0 aliphatic carbocycles. The van der Waals surface area contributed by atoms with E-state index in [2.05, 4.69) is 26.1 Å². The van der Waals surface area contributed by atoms with Crippen molar-refractivity contribution in [3.05, 3.63) is 115 Å². The van der Waals surface area contributed by atoms with Gasteiger partial charge in [-0.15, -0.1) is 11.8 Å². The average molecular weight is 607 g/mol. The Kier molecular flexibility index (Phi) is 9.10. The highest BCUT2D eigenvalue weighted by atomic mass is 32.2. The molecule has 5 aromatic rings. The maximum absolute atomic E-state index is 12.7. The quantitative estimate of drug-likeness (QED) is 0.177. The van der Waals surface area contributed by atoms with Crippen LogP contribution in [0, 0.1) is 18.3 Å². The summed E-state index contributed by atoms with van der Waals surface area (Å²) in [4.78, 5) is 25.5. The summed E-state index contributed by atoms with van der Waals surface area (Å²) < 4.78 is 27.7. The van der Waals surface area contributed by atoms with Crippen LogP contribution in [0.2, 0.25) is 0 Å². The van der Waals surface area contributed by atoms with Crippen molar-refractivity contribution in [1.29, 1.82) is 5.26 Å². The van der Waals surface area contributed by atoms with E-state index >= 15 is 0 Å². The average Bonchev–Trinajstić information content (AvgIpc) is 3.01. The Bertz CT molecular complexity index is 1890. The summed E-state index contributed by atoms with van der Waals surface area (Å²) >= 11 is 1.34. The minimum Gasteiger partial charge on any atom is -0.326 e. The standard InChI is InChI=1S/C32H26N6O3S2/c1-22-16-18-34-32(35-22)38-43(40,41)26-14-12-25(13-15-26)36-30(39)17-19-42-31-28(21-33)27(23-8-4-2-5-9-23)20-29(37-31)24-10-6-3-7-11-24/h2-16,18,20H,17,19H2,1H3,(H,36,39)(H,34,35,38). The molecular formula is C32H26N6O3S2. The zero-order valence-corrected chi connectivity index (χ0v) is 24.7. The molecule has 11 heteroatoms. The molecular weight excluding hydrogens is 581 g/mol. The van der Waals surface area contributed by atoms with Gasteiger partial charge in [0.15, 0.2) is 0 Å². The molecule has 1 amide bonds. The van der Waals surface area contributed by atoms with Gasteiger partial charge in [-0.25, -0.2) is 28.1 Å². The van der Waals surface area contributed by atoms with E-state index in [-0.39, 0.29) is 23.2 Å². The molecule has 3 aromatic carbocycles. The molecule has 0 aliphatic heterocycles. The maximum atomic E-state index is 12.7. The second kappa shape index (κ2) is 13.3. The third kappa shape index (κ3) is 7.43. The van der Waals surface area contributed by atoms with Crippen LogP contribution in [-0.4, -0.2) is 35.0 Å². The van der Waals surface area contributed by atoms with E-state index < -0.39 is 10.0 Å². The minimum atomic E-state index is -3.90. The Morgan fingerprint density at radius 3 is 2.23 bits per heavy atom. The van der Waals surface area contributed by atoms with Gasteiger partial charge >= 0.3 is 0 Å². The lowest BCUT2D eigenvalue weighted by Gasteiger charge is -2.13. The van der Waals surface area contributed by atoms with Crippen molar-refractivity contribution in [3.63, 3.8) is 0 Å². The first-order valence-corrected chi connectivity index (χ1v) is 15.7. The number of nitriles is 1. The number of pyridine rings is 1. The fourth-order valence-corrected chi connectivity index (χ4v) is 6.09. The molecule has 0 bridgehead atoms. The fourth-order valence-electron chi connectivity index (χ4n) is 4.19. The molecule has 0 radical (unpaired) electrons. The van der Waals surface area contributed by atoms with Crippen molar-refractivity contribution in [1.82, 2.24) is 15.0 Å². The zero-order valence-electron chi connectivity index (χ0n) is 23.1. The van der Waals surface area contributed by atoms with Gasteiger partial charge in [-0.3, -0.25) is 4.79 Å². The normalized spacial score (nSPS) is 11.0. The third-order valence-electron chi connectivity index (χ3n) is 6.29. The summed E-state index contributed by atoms with van der Waals surface area (Å²) in [6.07, 6.45) is 1.62. The molecule has 5 rings (SSSR count). The lowest BCUT2D eigenvalue weighted by atomic mass is 9.99. The summed E-state index contributed by atoms with van der Waals surface area (Å²) in [7, 11) is -3.90. The van der Waals surface area contributed by atoms with Crippen molar-refractivity contribution in [3.8, 4) is 28.5 Å². The predicted octanol–water partition coefficient (Wildman–Crippen LogP) is 6.31. The highest BCUT2D eigenvalue weighted by molar-refractivity contribution is 7.99. The molecule has 0 saturated carbocycles. The van der Waals surface area contributed by atoms with E-state index in [1.165, 1.54) is 42.2 Å². The molecule has 2 aromatic heterocycles. The van der Waals surface area contributed by atoms with E-state index in [0.29, 0.717) is 27.7 Å². The van der Waals surface area contributed by atoms with Crippen LogP contribution in [0.1, 0.15) is 17.7 Å². The summed E-state index contributed by atoms with van der Waals surface area (Å²) in [5.41, 5.74) is 4.89. The smallest absolute Gasteiger partial charge is 0.264 e. The van der Waals surface area contributed by atoms with Crippen LogP contribution in [0.4, 0.5) is 11.6 Å². The Morgan fingerprint density at radius 2 is 1.58 bits per heavy atom. The van der Waals surface area contributed by atoms with E-state index in [0.717, 1.165) is 22.4 Å². The molecule has 2 N–H and O–H groups in total. The number of aryl methyl sites for hydroxylation is 1. The predicted molar refractivity (Wildman–Crippen MR) is 168 cm³/mol. The molecule has 214 valence electrons. The number of anilines is 2. The minimum absolute atomic E-state index is 0.00814. The topological polar surface area (TPSA) is 138 Å². The SMILES string of the molecule is Cc1ccnc(NS(=O)(=O)c2ccc(NC(=O)CCSc3nc(-c4ccccc4)cc(-c4ccccc4)c3C#N)cc2)n1. The number of carbonyl (C=O) groups is 1. The Balaban J connectivity index is 1.26. The summed E-state index contributed by atoms with van der Waals surface area (Å²) in [6.45, 7) is 1.73. The number of benzene rings is 3. The molecule has 0 atom stereocenters. The van der Waals surface area contributed by atoms with Crippen LogP contribution < -0.4 is 10.0 Å². The van der Waals surface area contributed by atoms with Gasteiger partial charge in [0.2, 0.25) is 11.9 Å². The van der Waals surface area contributed by atoms with Gasteiger partial charge in [-0.1, -0.05) is 60.7 Å². The molecule has 2 heterocycles. The largest absolute Gasteiger partial charge is 0.326 e. The Hall–Kier alpha value is -5.05. The van der Waals surface area contributed by atoms with E-state index in [1.807, 2.05) is 66.7 Å². The number of amides is 1. The van der Waals surface area contributed by atoms with Gasteiger partial charge < -0.3 is 5.32 Å². The highest BCUT2D eigenvalue weighted by Crippen LogP contribution is 2.34. The first kappa shape index (κ1) is 29.4. The van der Waals surface area contributed by atoms with Crippen LogP contribution in [-0.2, 0) is 14.8 Å². The molecule has 43 heavy (non-hydrogen) atoms. The van der Waals surface area contributed by atoms with Gasteiger partial charge in [0.1, 0.15) is 11.1 Å². The molecule has 0 aliphatic rings. The number of thioether (sulfide) groups is 1. The molecule has 0 spiro atoms. The number of rotatable bonds is 10. The monoisotopic (exact) mass is 606 g/mol. The van der Waals surface area contributed by atoms with Gasteiger partial charge in [0.05, 0.1) is 16.2 Å². The van der Waals surface area contributed by atoms with Gasteiger partial charge in [0, 0.05) is 40.9 Å². The van der Waals surface area contributed by atoms with Gasteiger partial charge in [-0.2, -0.15) is 5.26 Å². The van der Waals surface area contributed by atoms with E-state index in [1.54, 1.807) is 13.0 Å². The number of nitrogens with one attached hydrogen (secondary N) is 2. The van der Waals surface area contributed by atoms with Crippen molar-refractivity contribution in [2.24, 2.45) is 0 Å². The van der Waals surface area contributed by atoms with Crippen LogP contribution in [0.15, 0.2) is 113 Å². The number of aromatic nitrogens is 3. The molecule has 9 nitrogen and oxygen atoms in total. The van der Waals surface area contributed by atoms with E-state index in [4.69, 9.17) is 4.98 Å². The Labute approximate surface area is 254 Å². The number of carbonyl (C=O) groups excluding carboxylic acids is 1. The number of sulfonamides is 1. The van der Waals surface area contributed by atoms with Crippen molar-refractivity contribution in [2.45, 2.75) is 23.3 Å². The number of hydrogen-bond donors (Lipinski definition) is 2. The lowest BCUT2D eigenvalue weighted by molar-refractivity contribution is -0.115. The highest BCUT2D eigenvalue weighted by Gasteiger charge is 2.18. The summed E-state index contributed by atoms with van der Waals surface area (Å²) in [5, 5.41) is 13.4.